The van der Waals surface area contributed by atoms with Gasteiger partial charge in [0.1, 0.15) is 0 Å². The number of nitrogens with zero attached hydrogens (tertiary/aromatic N) is 2. The number of benzene rings is 1. The molecule has 0 heterocycles. The molecule has 1 aromatic carbocycles. The van der Waals surface area contributed by atoms with Crippen molar-refractivity contribution in [3.63, 3.8) is 0 Å². The summed E-state index contributed by atoms with van der Waals surface area (Å²) < 4.78 is 10.5. The van der Waals surface area contributed by atoms with Crippen LogP contribution < -0.4 is 10.6 Å². The van der Waals surface area contributed by atoms with Gasteiger partial charge in [-0.2, -0.15) is 0 Å². The molecule has 0 bridgehead atoms. The Labute approximate surface area is 152 Å². The molecule has 0 amide bonds. The van der Waals surface area contributed by atoms with Gasteiger partial charge in [-0.05, 0) is 31.5 Å². The van der Waals surface area contributed by atoms with Crippen LogP contribution in [0.3, 0.4) is 0 Å². The molecule has 0 aliphatic heterocycles. The highest BCUT2D eigenvalue weighted by Gasteiger charge is 2.01. The third kappa shape index (κ3) is 10.1. The second-order valence-corrected chi connectivity index (χ2v) is 5.96. The third-order valence-electron chi connectivity index (χ3n) is 3.85. The Bertz CT molecular complexity index is 477. The molecule has 1 rings (SSSR count). The summed E-state index contributed by atoms with van der Waals surface area (Å²) in [5.41, 5.74) is 2.42. The Balaban J connectivity index is 2.25. The van der Waals surface area contributed by atoms with Crippen LogP contribution in [0.2, 0.25) is 0 Å². The molecule has 142 valence electrons. The first-order valence-corrected chi connectivity index (χ1v) is 8.97. The van der Waals surface area contributed by atoms with E-state index >= 15 is 0 Å². The van der Waals surface area contributed by atoms with Crippen molar-refractivity contribution < 1.29 is 9.47 Å². The monoisotopic (exact) mass is 350 g/mol. The maximum Gasteiger partial charge on any atom is 0.191 e. The van der Waals surface area contributed by atoms with Gasteiger partial charge in [-0.15, -0.1) is 0 Å². The zero-order chi connectivity index (χ0) is 18.3. The van der Waals surface area contributed by atoms with E-state index in [0.29, 0.717) is 6.61 Å². The summed E-state index contributed by atoms with van der Waals surface area (Å²) in [5, 5.41) is 6.69. The second kappa shape index (κ2) is 13.6. The molecule has 0 saturated heterocycles. The minimum atomic E-state index is 0.672. The summed E-state index contributed by atoms with van der Waals surface area (Å²) in [6.45, 7) is 7.84. The fourth-order valence-electron chi connectivity index (χ4n) is 2.34. The lowest BCUT2D eigenvalue weighted by atomic mass is 10.1. The molecule has 0 aromatic heterocycles. The van der Waals surface area contributed by atoms with Crippen LogP contribution in [0.5, 0.6) is 0 Å². The normalized spacial score (nSPS) is 11.8. The first-order chi connectivity index (χ1) is 12.2. The average Bonchev–Trinajstić information content (AvgIpc) is 2.64. The predicted octanol–water partition coefficient (Wildman–Crippen LogP) is 1.86. The average molecular weight is 351 g/mol. The van der Waals surface area contributed by atoms with Crippen molar-refractivity contribution in [2.75, 3.05) is 54.1 Å². The van der Waals surface area contributed by atoms with E-state index in [1.807, 2.05) is 6.92 Å². The summed E-state index contributed by atoms with van der Waals surface area (Å²) in [6.07, 6.45) is 1.05. The summed E-state index contributed by atoms with van der Waals surface area (Å²) in [7, 11) is 5.66. The van der Waals surface area contributed by atoms with E-state index in [1.54, 1.807) is 14.2 Å². The van der Waals surface area contributed by atoms with Crippen molar-refractivity contribution in [1.29, 1.82) is 0 Å². The molecule has 0 unspecified atom stereocenters. The van der Waals surface area contributed by atoms with Crippen LogP contribution in [0.25, 0.3) is 0 Å². The number of nitrogens with one attached hydrogen (secondary N) is 2. The molecule has 6 heteroatoms. The summed E-state index contributed by atoms with van der Waals surface area (Å²) in [4.78, 5) is 6.56. The summed E-state index contributed by atoms with van der Waals surface area (Å²) in [5.74, 6) is 0.823. The predicted molar refractivity (Wildman–Crippen MR) is 104 cm³/mol. The van der Waals surface area contributed by atoms with Gasteiger partial charge in [-0.1, -0.05) is 24.3 Å². The first kappa shape index (κ1) is 21.4. The SMILES string of the molecule is CCOCc1ccc(CNC(=NC)NCCN(C)CCCOC)cc1. The first-order valence-electron chi connectivity index (χ1n) is 8.97. The molecule has 2 N–H and O–H groups in total. The van der Waals surface area contributed by atoms with Gasteiger partial charge in [0.15, 0.2) is 5.96 Å². The van der Waals surface area contributed by atoms with E-state index in [0.717, 1.165) is 51.8 Å². The fraction of sp³-hybridized carbons (Fsp3) is 0.632. The van der Waals surface area contributed by atoms with Crippen molar-refractivity contribution in [2.45, 2.75) is 26.5 Å². The van der Waals surface area contributed by atoms with Crippen LogP contribution >= 0.6 is 0 Å². The van der Waals surface area contributed by atoms with E-state index in [-0.39, 0.29) is 0 Å². The molecule has 0 spiro atoms. The van der Waals surface area contributed by atoms with Gasteiger partial charge < -0.3 is 25.0 Å². The molecule has 0 atom stereocenters. The lowest BCUT2D eigenvalue weighted by Crippen LogP contribution is -2.40. The number of guanidine groups is 1. The van der Waals surface area contributed by atoms with Crippen LogP contribution in [-0.2, 0) is 22.6 Å². The zero-order valence-electron chi connectivity index (χ0n) is 16.2. The highest BCUT2D eigenvalue weighted by Crippen LogP contribution is 2.05. The van der Waals surface area contributed by atoms with Crippen molar-refractivity contribution in [3.05, 3.63) is 35.4 Å². The molecular formula is C19H34N4O2. The van der Waals surface area contributed by atoms with Crippen molar-refractivity contribution >= 4 is 5.96 Å². The molecule has 25 heavy (non-hydrogen) atoms. The van der Waals surface area contributed by atoms with Gasteiger partial charge in [0.25, 0.3) is 0 Å². The van der Waals surface area contributed by atoms with Gasteiger partial charge in [-0.3, -0.25) is 4.99 Å². The van der Waals surface area contributed by atoms with E-state index in [2.05, 4.69) is 51.8 Å². The van der Waals surface area contributed by atoms with Crippen LogP contribution in [0.4, 0.5) is 0 Å². The zero-order valence-corrected chi connectivity index (χ0v) is 16.2. The van der Waals surface area contributed by atoms with Crippen molar-refractivity contribution in [2.24, 2.45) is 4.99 Å². The maximum absolute atomic E-state index is 5.41. The smallest absolute Gasteiger partial charge is 0.191 e. The summed E-state index contributed by atoms with van der Waals surface area (Å²) >= 11 is 0. The largest absolute Gasteiger partial charge is 0.385 e. The molecule has 0 saturated carbocycles. The van der Waals surface area contributed by atoms with Gasteiger partial charge >= 0.3 is 0 Å². The van der Waals surface area contributed by atoms with Crippen LogP contribution in [0.15, 0.2) is 29.3 Å². The number of methoxy groups -OCH3 is 1. The van der Waals surface area contributed by atoms with Gasteiger partial charge in [-0.25, -0.2) is 0 Å². The standard InChI is InChI=1S/C19H34N4O2/c1-5-25-16-18-9-7-17(8-10-18)15-22-19(20-2)21-11-13-23(3)12-6-14-24-4/h7-10H,5-6,11-16H2,1-4H3,(H2,20,21,22). The topological polar surface area (TPSA) is 58.1 Å². The minimum Gasteiger partial charge on any atom is -0.385 e. The van der Waals surface area contributed by atoms with Gasteiger partial charge in [0, 0.05) is 53.6 Å². The quantitative estimate of drug-likeness (QED) is 0.342. The molecular weight excluding hydrogens is 316 g/mol. The molecule has 0 radical (unpaired) electrons. The van der Waals surface area contributed by atoms with E-state index in [1.165, 1.54) is 11.1 Å². The Morgan fingerprint density at radius 3 is 2.48 bits per heavy atom. The number of rotatable bonds is 12. The van der Waals surface area contributed by atoms with Crippen LogP contribution in [0, 0.1) is 0 Å². The van der Waals surface area contributed by atoms with E-state index < -0.39 is 0 Å². The number of ether oxygens (including phenoxy) is 2. The third-order valence-corrected chi connectivity index (χ3v) is 3.85. The summed E-state index contributed by atoms with van der Waals surface area (Å²) in [6, 6.07) is 8.46. The highest BCUT2D eigenvalue weighted by molar-refractivity contribution is 5.79. The molecule has 0 aliphatic rings. The number of hydrogen-bond donors (Lipinski definition) is 2. The second-order valence-electron chi connectivity index (χ2n) is 5.96. The van der Waals surface area contributed by atoms with E-state index in [4.69, 9.17) is 9.47 Å². The van der Waals surface area contributed by atoms with Gasteiger partial charge in [0.05, 0.1) is 6.61 Å². The molecule has 6 nitrogen and oxygen atoms in total. The maximum atomic E-state index is 5.41. The number of aliphatic imine (C=N–C) groups is 1. The number of hydrogen-bond acceptors (Lipinski definition) is 4. The Morgan fingerprint density at radius 2 is 1.84 bits per heavy atom. The Hall–Kier alpha value is -1.63. The van der Waals surface area contributed by atoms with E-state index in [9.17, 15) is 0 Å². The van der Waals surface area contributed by atoms with Gasteiger partial charge in [0.2, 0.25) is 0 Å². The lowest BCUT2D eigenvalue weighted by Gasteiger charge is -2.18. The van der Waals surface area contributed by atoms with Crippen LogP contribution in [0.1, 0.15) is 24.5 Å². The Morgan fingerprint density at radius 1 is 1.12 bits per heavy atom. The number of likely N-dealkylation sites (N-methyl/N-ethyl adjacent to an activating group) is 1. The molecule has 0 aliphatic carbocycles. The van der Waals surface area contributed by atoms with Crippen molar-refractivity contribution in [3.8, 4) is 0 Å². The Kier molecular flexibility index (Phi) is 11.7. The molecule has 0 fully saturated rings. The fourth-order valence-corrected chi connectivity index (χ4v) is 2.34. The molecule has 1 aromatic rings. The highest BCUT2D eigenvalue weighted by atomic mass is 16.5. The lowest BCUT2D eigenvalue weighted by molar-refractivity contribution is 0.134. The van der Waals surface area contributed by atoms with Crippen LogP contribution in [-0.4, -0.2) is 64.9 Å². The minimum absolute atomic E-state index is 0.672. The van der Waals surface area contributed by atoms with Crippen molar-refractivity contribution in [1.82, 2.24) is 15.5 Å².